The maximum atomic E-state index is 6.46. The number of hydrogen-bond acceptors (Lipinski definition) is 3. The summed E-state index contributed by atoms with van der Waals surface area (Å²) in [4.78, 5) is 0. The van der Waals surface area contributed by atoms with Gasteiger partial charge in [-0.05, 0) is 56.2 Å². The average Bonchev–Trinajstić information content (AvgIpc) is 3.11. The second-order valence-corrected chi connectivity index (χ2v) is 6.15. The van der Waals surface area contributed by atoms with E-state index in [1.165, 1.54) is 18.4 Å². The molecule has 0 aromatic heterocycles. The van der Waals surface area contributed by atoms with Gasteiger partial charge in [-0.1, -0.05) is 11.6 Å². The van der Waals surface area contributed by atoms with Crippen LogP contribution >= 0.6 is 11.6 Å². The molecule has 1 aliphatic heterocycles. The quantitative estimate of drug-likeness (QED) is 0.918. The van der Waals surface area contributed by atoms with Gasteiger partial charge >= 0.3 is 0 Å². The minimum atomic E-state index is 0.318. The minimum Gasteiger partial charge on any atom is -0.493 e. The van der Waals surface area contributed by atoms with Crippen molar-refractivity contribution in [3.63, 3.8) is 0 Å². The molecule has 0 amide bonds. The Morgan fingerprint density at radius 3 is 2.60 bits per heavy atom. The van der Waals surface area contributed by atoms with Crippen molar-refractivity contribution >= 4 is 11.6 Å². The summed E-state index contributed by atoms with van der Waals surface area (Å²) in [7, 11) is 1.70. The van der Waals surface area contributed by atoms with Crippen molar-refractivity contribution < 1.29 is 9.47 Å². The Labute approximate surface area is 125 Å². The number of rotatable bonds is 4. The van der Waals surface area contributed by atoms with Gasteiger partial charge in [0.2, 0.25) is 0 Å². The largest absolute Gasteiger partial charge is 0.493 e. The Bertz CT molecular complexity index is 466. The molecule has 1 heterocycles. The van der Waals surface area contributed by atoms with Crippen molar-refractivity contribution in [2.45, 2.75) is 44.1 Å². The number of ether oxygens (including phenoxy) is 2. The molecule has 1 saturated carbocycles. The van der Waals surface area contributed by atoms with Crippen LogP contribution in [0.5, 0.6) is 11.5 Å². The second-order valence-electron chi connectivity index (χ2n) is 5.74. The summed E-state index contributed by atoms with van der Waals surface area (Å²) in [6.07, 6.45) is 6.23. The lowest BCUT2D eigenvalue weighted by molar-refractivity contribution is 0.200. The van der Waals surface area contributed by atoms with Gasteiger partial charge in [0.1, 0.15) is 0 Å². The van der Waals surface area contributed by atoms with Gasteiger partial charge in [0, 0.05) is 17.6 Å². The molecule has 1 unspecified atom stereocenters. The number of benzene rings is 1. The molecule has 3 rings (SSSR count). The highest BCUT2D eigenvalue weighted by Gasteiger charge is 2.23. The molecule has 1 saturated heterocycles. The molecule has 0 radical (unpaired) electrons. The molecule has 20 heavy (non-hydrogen) atoms. The average molecular weight is 296 g/mol. The second kappa shape index (κ2) is 6.23. The van der Waals surface area contributed by atoms with Crippen LogP contribution in [0.2, 0.25) is 5.02 Å². The Morgan fingerprint density at radius 1 is 1.15 bits per heavy atom. The third-order valence-corrected chi connectivity index (χ3v) is 4.71. The van der Waals surface area contributed by atoms with E-state index in [1.807, 2.05) is 6.07 Å². The molecule has 1 aromatic rings. The van der Waals surface area contributed by atoms with Gasteiger partial charge in [-0.25, -0.2) is 0 Å². The summed E-state index contributed by atoms with van der Waals surface area (Å²) in [6, 6.07) is 4.00. The van der Waals surface area contributed by atoms with Crippen LogP contribution < -0.4 is 14.8 Å². The predicted molar refractivity (Wildman–Crippen MR) is 81.1 cm³/mol. The Kier molecular flexibility index (Phi) is 4.37. The fourth-order valence-electron chi connectivity index (χ4n) is 3.22. The molecule has 1 atom stereocenters. The van der Waals surface area contributed by atoms with E-state index in [2.05, 4.69) is 11.4 Å². The molecule has 1 N–H and O–H groups in total. The van der Waals surface area contributed by atoms with Crippen LogP contribution in [-0.4, -0.2) is 26.3 Å². The van der Waals surface area contributed by atoms with E-state index >= 15 is 0 Å². The van der Waals surface area contributed by atoms with Crippen LogP contribution in [0.3, 0.4) is 0 Å². The molecule has 2 fully saturated rings. The summed E-state index contributed by atoms with van der Waals surface area (Å²) in [5, 5.41) is 4.18. The van der Waals surface area contributed by atoms with Crippen molar-refractivity contribution in [1.29, 1.82) is 0 Å². The number of halogens is 1. The van der Waals surface area contributed by atoms with Gasteiger partial charge < -0.3 is 14.8 Å². The maximum Gasteiger partial charge on any atom is 0.163 e. The van der Waals surface area contributed by atoms with Crippen molar-refractivity contribution in [1.82, 2.24) is 5.32 Å². The van der Waals surface area contributed by atoms with Crippen LogP contribution in [0.4, 0.5) is 0 Å². The van der Waals surface area contributed by atoms with E-state index in [9.17, 15) is 0 Å². The van der Waals surface area contributed by atoms with E-state index in [0.717, 1.165) is 48.9 Å². The number of methoxy groups -OCH3 is 1. The van der Waals surface area contributed by atoms with Gasteiger partial charge in [0.15, 0.2) is 11.5 Å². The molecule has 1 aliphatic carbocycles. The first-order valence-electron chi connectivity index (χ1n) is 7.52. The van der Waals surface area contributed by atoms with Crippen molar-refractivity contribution in [3.8, 4) is 11.5 Å². The van der Waals surface area contributed by atoms with Crippen LogP contribution in [0.15, 0.2) is 12.1 Å². The molecule has 2 aliphatic rings. The van der Waals surface area contributed by atoms with Crippen LogP contribution in [0, 0.1) is 0 Å². The van der Waals surface area contributed by atoms with E-state index in [4.69, 9.17) is 21.1 Å². The molecular weight excluding hydrogens is 274 g/mol. The summed E-state index contributed by atoms with van der Waals surface area (Å²) < 4.78 is 11.6. The number of nitrogens with one attached hydrogen (secondary N) is 1. The van der Waals surface area contributed by atoms with Crippen LogP contribution in [0.1, 0.15) is 43.6 Å². The van der Waals surface area contributed by atoms with Crippen molar-refractivity contribution in [2.24, 2.45) is 0 Å². The zero-order valence-electron chi connectivity index (χ0n) is 12.0. The van der Waals surface area contributed by atoms with E-state index in [-0.39, 0.29) is 0 Å². The summed E-state index contributed by atoms with van der Waals surface area (Å²) in [5.74, 6) is 2.08. The predicted octanol–water partition coefficient (Wildman–Crippen LogP) is 3.75. The molecular formula is C16H22ClNO2. The van der Waals surface area contributed by atoms with Crippen molar-refractivity contribution in [2.75, 3.05) is 20.2 Å². The normalized spacial score (nSPS) is 23.2. The third kappa shape index (κ3) is 2.89. The highest BCUT2D eigenvalue weighted by molar-refractivity contribution is 6.31. The lowest BCUT2D eigenvalue weighted by atomic mass is 9.98. The van der Waals surface area contributed by atoms with Crippen LogP contribution in [0.25, 0.3) is 0 Å². The molecule has 0 bridgehead atoms. The van der Waals surface area contributed by atoms with Crippen molar-refractivity contribution in [3.05, 3.63) is 22.7 Å². The molecule has 4 heteroatoms. The highest BCUT2D eigenvalue weighted by Crippen LogP contribution is 2.39. The van der Waals surface area contributed by atoms with Gasteiger partial charge in [0.05, 0.1) is 13.2 Å². The Balaban J connectivity index is 1.84. The first-order chi connectivity index (χ1) is 9.78. The monoisotopic (exact) mass is 295 g/mol. The topological polar surface area (TPSA) is 30.5 Å². The van der Waals surface area contributed by atoms with Crippen LogP contribution in [-0.2, 0) is 0 Å². The fourth-order valence-corrected chi connectivity index (χ4v) is 3.53. The van der Waals surface area contributed by atoms with Gasteiger partial charge in [-0.3, -0.25) is 0 Å². The smallest absolute Gasteiger partial charge is 0.163 e. The third-order valence-electron chi connectivity index (χ3n) is 4.38. The first-order valence-corrected chi connectivity index (χ1v) is 7.90. The summed E-state index contributed by atoms with van der Waals surface area (Å²) in [5.41, 5.74) is 1.17. The van der Waals surface area contributed by atoms with Gasteiger partial charge in [-0.15, -0.1) is 0 Å². The number of hydrogen-bond donors (Lipinski definition) is 1. The Morgan fingerprint density at radius 2 is 1.95 bits per heavy atom. The molecule has 0 spiro atoms. The summed E-state index contributed by atoms with van der Waals surface area (Å²) in [6.45, 7) is 2.05. The molecule has 1 aromatic carbocycles. The highest BCUT2D eigenvalue weighted by atomic mass is 35.5. The maximum absolute atomic E-state index is 6.46. The lowest BCUT2D eigenvalue weighted by Gasteiger charge is -2.19. The van der Waals surface area contributed by atoms with E-state index in [1.54, 1.807) is 7.11 Å². The zero-order valence-corrected chi connectivity index (χ0v) is 12.7. The molecule has 110 valence electrons. The molecule has 3 nitrogen and oxygen atoms in total. The van der Waals surface area contributed by atoms with Gasteiger partial charge in [0.25, 0.3) is 0 Å². The first kappa shape index (κ1) is 14.0. The fraction of sp³-hybridized carbons (Fsp3) is 0.625. The minimum absolute atomic E-state index is 0.318. The standard InChI is InChI=1S/C16H22ClNO2/c1-19-15-8-13(11-6-7-18-10-11)14(17)9-16(15)20-12-4-2-3-5-12/h8-9,11-12,18H,2-7,10H2,1H3. The lowest BCUT2D eigenvalue weighted by Crippen LogP contribution is -2.12. The van der Waals surface area contributed by atoms with E-state index in [0.29, 0.717) is 12.0 Å². The Hall–Kier alpha value is -0.930. The van der Waals surface area contributed by atoms with Gasteiger partial charge in [-0.2, -0.15) is 0 Å². The van der Waals surface area contributed by atoms with E-state index < -0.39 is 0 Å². The summed E-state index contributed by atoms with van der Waals surface area (Å²) >= 11 is 6.46. The zero-order chi connectivity index (χ0) is 13.9. The SMILES string of the molecule is COc1cc(C2CCNC2)c(Cl)cc1OC1CCCC1.